The van der Waals surface area contributed by atoms with E-state index in [-0.39, 0.29) is 10.0 Å². The Balaban J connectivity index is 2.58. The second-order valence-corrected chi connectivity index (χ2v) is 4.77. The van der Waals surface area contributed by atoms with E-state index in [4.69, 9.17) is 0 Å². The fraction of sp³-hybridized carbons (Fsp3) is 0.0714. The average molecular weight is 347 g/mol. The first-order chi connectivity index (χ1) is 9.32. The topological polar surface area (TPSA) is 17.1 Å². The maximum atomic E-state index is 13.4. The molecule has 0 saturated heterocycles. The molecule has 2 aromatic carbocycles. The van der Waals surface area contributed by atoms with Gasteiger partial charge >= 0.3 is 6.18 Å². The highest BCUT2D eigenvalue weighted by atomic mass is 79.9. The molecule has 0 radical (unpaired) electrons. The summed E-state index contributed by atoms with van der Waals surface area (Å²) >= 11 is 2.88. The number of rotatable bonds is 2. The van der Waals surface area contributed by atoms with Gasteiger partial charge in [-0.2, -0.15) is 13.2 Å². The lowest BCUT2D eigenvalue weighted by molar-refractivity contribution is -0.137. The third-order valence-electron chi connectivity index (χ3n) is 2.67. The zero-order valence-electron chi connectivity index (χ0n) is 9.84. The van der Waals surface area contributed by atoms with Crippen LogP contribution in [0.25, 0.3) is 0 Å². The Morgan fingerprint density at radius 2 is 1.55 bits per heavy atom. The van der Waals surface area contributed by atoms with E-state index in [1.807, 2.05) is 0 Å². The van der Waals surface area contributed by atoms with Crippen LogP contribution in [-0.2, 0) is 6.18 Å². The minimum Gasteiger partial charge on any atom is -0.289 e. The van der Waals surface area contributed by atoms with Crippen LogP contribution in [0.4, 0.5) is 17.6 Å². The molecular weight excluding hydrogens is 340 g/mol. The Kier molecular flexibility index (Phi) is 3.94. The van der Waals surface area contributed by atoms with Crippen LogP contribution >= 0.6 is 15.9 Å². The standard InChI is InChI=1S/C14H7BrF4O/c15-12-9(5-3-7-11(12)16)13(20)8-4-1-2-6-10(8)14(17,18)19/h1-7H. The fourth-order valence-corrected chi connectivity index (χ4v) is 2.20. The lowest BCUT2D eigenvalue weighted by Crippen LogP contribution is -2.14. The van der Waals surface area contributed by atoms with Gasteiger partial charge in [0.25, 0.3) is 0 Å². The molecule has 2 rings (SSSR count). The Bertz CT molecular complexity index is 664. The third-order valence-corrected chi connectivity index (χ3v) is 3.48. The van der Waals surface area contributed by atoms with Gasteiger partial charge in [-0.3, -0.25) is 4.79 Å². The van der Waals surface area contributed by atoms with Gasteiger partial charge in [0.2, 0.25) is 0 Å². The van der Waals surface area contributed by atoms with Crippen molar-refractivity contribution in [2.75, 3.05) is 0 Å². The molecule has 0 heterocycles. The van der Waals surface area contributed by atoms with Crippen LogP contribution in [0.1, 0.15) is 21.5 Å². The van der Waals surface area contributed by atoms with Crippen molar-refractivity contribution in [3.8, 4) is 0 Å². The zero-order chi connectivity index (χ0) is 14.9. The van der Waals surface area contributed by atoms with E-state index in [0.29, 0.717) is 0 Å². The van der Waals surface area contributed by atoms with Crippen molar-refractivity contribution in [3.63, 3.8) is 0 Å². The van der Waals surface area contributed by atoms with E-state index in [9.17, 15) is 22.4 Å². The van der Waals surface area contributed by atoms with E-state index in [2.05, 4.69) is 15.9 Å². The van der Waals surface area contributed by atoms with Crippen LogP contribution < -0.4 is 0 Å². The zero-order valence-corrected chi connectivity index (χ0v) is 11.4. The first-order valence-electron chi connectivity index (χ1n) is 5.47. The molecule has 0 spiro atoms. The number of carbonyl (C=O) groups excluding carboxylic acids is 1. The summed E-state index contributed by atoms with van der Waals surface area (Å²) in [5, 5.41) is 0. The van der Waals surface area contributed by atoms with Crippen molar-refractivity contribution < 1.29 is 22.4 Å². The number of halogens is 5. The predicted octanol–water partition coefficient (Wildman–Crippen LogP) is 4.84. The Morgan fingerprint density at radius 1 is 0.950 bits per heavy atom. The van der Waals surface area contributed by atoms with E-state index >= 15 is 0 Å². The molecular formula is C14H7BrF4O. The molecule has 0 saturated carbocycles. The highest BCUT2D eigenvalue weighted by Gasteiger charge is 2.35. The molecule has 2 aromatic rings. The van der Waals surface area contributed by atoms with Crippen LogP contribution in [0.15, 0.2) is 46.9 Å². The molecule has 0 aliphatic carbocycles. The van der Waals surface area contributed by atoms with E-state index in [0.717, 1.165) is 18.2 Å². The Morgan fingerprint density at radius 3 is 2.20 bits per heavy atom. The molecule has 6 heteroatoms. The fourth-order valence-electron chi connectivity index (χ4n) is 1.75. The number of ketones is 1. The van der Waals surface area contributed by atoms with Crippen molar-refractivity contribution in [2.24, 2.45) is 0 Å². The Hall–Kier alpha value is -1.69. The van der Waals surface area contributed by atoms with Crippen LogP contribution in [0, 0.1) is 5.82 Å². The van der Waals surface area contributed by atoms with Crippen LogP contribution in [0.2, 0.25) is 0 Å². The maximum Gasteiger partial charge on any atom is 0.417 e. The van der Waals surface area contributed by atoms with E-state index in [1.165, 1.54) is 24.3 Å². The minimum atomic E-state index is -4.65. The predicted molar refractivity (Wildman–Crippen MR) is 69.0 cm³/mol. The smallest absolute Gasteiger partial charge is 0.289 e. The maximum absolute atomic E-state index is 13.4. The molecule has 20 heavy (non-hydrogen) atoms. The summed E-state index contributed by atoms with van der Waals surface area (Å²) < 4.78 is 51.8. The van der Waals surface area contributed by atoms with Crippen molar-refractivity contribution in [1.29, 1.82) is 0 Å². The molecule has 0 N–H and O–H groups in total. The van der Waals surface area contributed by atoms with Crippen molar-refractivity contribution in [1.82, 2.24) is 0 Å². The lowest BCUT2D eigenvalue weighted by atomic mass is 9.98. The largest absolute Gasteiger partial charge is 0.417 e. The number of carbonyl (C=O) groups is 1. The first kappa shape index (κ1) is 14.7. The highest BCUT2D eigenvalue weighted by molar-refractivity contribution is 9.10. The van der Waals surface area contributed by atoms with Gasteiger partial charge in [0.05, 0.1) is 10.0 Å². The van der Waals surface area contributed by atoms with Crippen LogP contribution in [-0.4, -0.2) is 5.78 Å². The normalized spacial score (nSPS) is 11.4. The van der Waals surface area contributed by atoms with Crippen LogP contribution in [0.5, 0.6) is 0 Å². The van der Waals surface area contributed by atoms with Gasteiger partial charge in [-0.1, -0.05) is 24.3 Å². The molecule has 0 bridgehead atoms. The van der Waals surface area contributed by atoms with Crippen molar-refractivity contribution >= 4 is 21.7 Å². The van der Waals surface area contributed by atoms with Crippen LogP contribution in [0.3, 0.4) is 0 Å². The summed E-state index contributed by atoms with van der Waals surface area (Å²) in [4.78, 5) is 12.2. The second-order valence-electron chi connectivity index (χ2n) is 3.97. The van der Waals surface area contributed by atoms with Gasteiger partial charge in [-0.15, -0.1) is 0 Å². The second kappa shape index (κ2) is 5.36. The van der Waals surface area contributed by atoms with Gasteiger partial charge in [0.1, 0.15) is 5.82 Å². The summed E-state index contributed by atoms with van der Waals surface area (Å²) in [6.45, 7) is 0. The van der Waals surface area contributed by atoms with E-state index < -0.39 is 28.9 Å². The molecule has 1 nitrogen and oxygen atoms in total. The number of alkyl halides is 3. The monoisotopic (exact) mass is 346 g/mol. The molecule has 0 aliphatic rings. The van der Waals surface area contributed by atoms with Gasteiger partial charge in [-0.25, -0.2) is 4.39 Å². The van der Waals surface area contributed by atoms with Crippen molar-refractivity contribution in [2.45, 2.75) is 6.18 Å². The summed E-state index contributed by atoms with van der Waals surface area (Å²) in [7, 11) is 0. The highest BCUT2D eigenvalue weighted by Crippen LogP contribution is 2.34. The third kappa shape index (κ3) is 2.75. The van der Waals surface area contributed by atoms with Crippen molar-refractivity contribution in [3.05, 3.63) is 69.4 Å². The summed E-state index contributed by atoms with van der Waals surface area (Å²) in [6, 6.07) is 8.06. The van der Waals surface area contributed by atoms with Gasteiger partial charge < -0.3 is 0 Å². The summed E-state index contributed by atoms with van der Waals surface area (Å²) in [6.07, 6.45) is -4.65. The average Bonchev–Trinajstić information content (AvgIpc) is 2.40. The molecule has 0 fully saturated rings. The number of hydrogen-bond acceptors (Lipinski definition) is 1. The Labute approximate surface area is 120 Å². The molecule has 0 aromatic heterocycles. The van der Waals surface area contributed by atoms with E-state index in [1.54, 1.807) is 0 Å². The minimum absolute atomic E-state index is 0.151. The molecule has 0 unspecified atom stereocenters. The van der Waals surface area contributed by atoms with Gasteiger partial charge in [-0.05, 0) is 34.1 Å². The van der Waals surface area contributed by atoms with Gasteiger partial charge in [0, 0.05) is 11.1 Å². The SMILES string of the molecule is O=C(c1ccccc1C(F)(F)F)c1cccc(F)c1Br. The lowest BCUT2D eigenvalue weighted by Gasteiger charge is -2.12. The summed E-state index contributed by atoms with van der Waals surface area (Å²) in [5.41, 5.74) is -1.70. The summed E-state index contributed by atoms with van der Waals surface area (Å²) in [5.74, 6) is -1.59. The number of hydrogen-bond donors (Lipinski definition) is 0. The molecule has 0 amide bonds. The molecule has 104 valence electrons. The quantitative estimate of drug-likeness (QED) is 0.561. The molecule has 0 aliphatic heterocycles. The number of benzene rings is 2. The first-order valence-corrected chi connectivity index (χ1v) is 6.26. The molecule has 0 atom stereocenters. The van der Waals surface area contributed by atoms with Gasteiger partial charge in [0.15, 0.2) is 5.78 Å².